The normalized spacial score (nSPS) is 17.0. The summed E-state index contributed by atoms with van der Waals surface area (Å²) in [5.74, 6) is -3.06. The van der Waals surface area contributed by atoms with E-state index in [0.717, 1.165) is 16.2 Å². The quantitative estimate of drug-likeness (QED) is 0.132. The molecule has 0 bridgehead atoms. The highest BCUT2D eigenvalue weighted by Crippen LogP contribution is 2.44. The number of esters is 1. The van der Waals surface area contributed by atoms with Gasteiger partial charge in [0, 0.05) is 22.7 Å². The molecular weight excluding hydrogens is 498 g/mol. The van der Waals surface area contributed by atoms with Gasteiger partial charge in [-0.2, -0.15) is 0 Å². The molecule has 10 nitrogen and oxygen atoms in total. The number of ether oxygens (including phenoxy) is 1. The van der Waals surface area contributed by atoms with Crippen LogP contribution < -0.4 is 4.90 Å². The average Bonchev–Trinajstić information content (AvgIpc) is 3.35. The summed E-state index contributed by atoms with van der Waals surface area (Å²) in [7, 11) is 1.20. The molecule has 1 amide bonds. The second kappa shape index (κ2) is 9.28. The molecule has 1 unspecified atom stereocenters. The molecule has 0 spiro atoms. The Morgan fingerprint density at radius 1 is 1.17 bits per heavy atom. The van der Waals surface area contributed by atoms with Crippen LogP contribution in [0.1, 0.15) is 32.5 Å². The Kier molecular flexibility index (Phi) is 6.37. The summed E-state index contributed by atoms with van der Waals surface area (Å²) in [4.78, 5) is 54.5. The van der Waals surface area contributed by atoms with Gasteiger partial charge >= 0.3 is 11.9 Å². The van der Waals surface area contributed by atoms with Crippen LogP contribution in [0, 0.1) is 17.0 Å². The molecule has 1 fully saturated rings. The highest BCUT2D eigenvalue weighted by Gasteiger charge is 2.48. The number of anilines is 1. The van der Waals surface area contributed by atoms with E-state index in [-0.39, 0.29) is 26.8 Å². The lowest BCUT2D eigenvalue weighted by Crippen LogP contribution is -2.29. The number of carbonyl (C=O) groups excluding carboxylic acids is 3. The minimum absolute atomic E-state index is 0.0310. The zero-order valence-electron chi connectivity index (χ0n) is 18.2. The topological polar surface area (TPSA) is 140 Å². The number of nitrogens with zero attached hydrogens (tertiary/aromatic N) is 3. The third-order valence-corrected chi connectivity index (χ3v) is 6.73. The maximum atomic E-state index is 13.2. The van der Waals surface area contributed by atoms with Crippen LogP contribution in [0.15, 0.2) is 54.1 Å². The highest BCUT2D eigenvalue weighted by atomic mass is 35.5. The number of aliphatic hydroxyl groups is 1. The summed E-state index contributed by atoms with van der Waals surface area (Å²) < 4.78 is 4.75. The van der Waals surface area contributed by atoms with Crippen LogP contribution in [0.25, 0.3) is 5.76 Å². The number of ketones is 1. The van der Waals surface area contributed by atoms with Gasteiger partial charge < -0.3 is 9.84 Å². The summed E-state index contributed by atoms with van der Waals surface area (Å²) in [6.07, 6.45) is 0. The van der Waals surface area contributed by atoms with E-state index in [1.807, 2.05) is 0 Å². The van der Waals surface area contributed by atoms with Crippen LogP contribution in [0.3, 0.4) is 0 Å². The first-order valence-electron chi connectivity index (χ1n) is 10.0. The Morgan fingerprint density at radius 2 is 1.80 bits per heavy atom. The van der Waals surface area contributed by atoms with Crippen molar-refractivity contribution < 1.29 is 29.2 Å². The van der Waals surface area contributed by atoms with Gasteiger partial charge in [-0.1, -0.05) is 22.9 Å². The zero-order valence-corrected chi connectivity index (χ0v) is 19.8. The summed E-state index contributed by atoms with van der Waals surface area (Å²) in [6.45, 7) is 1.55. The van der Waals surface area contributed by atoms with Crippen LogP contribution in [0.4, 0.5) is 10.8 Å². The summed E-state index contributed by atoms with van der Waals surface area (Å²) in [5, 5.41) is 22.6. The summed E-state index contributed by atoms with van der Waals surface area (Å²) >= 11 is 6.77. The lowest BCUT2D eigenvalue weighted by molar-refractivity contribution is -0.384. The highest BCUT2D eigenvalue weighted by molar-refractivity contribution is 7.17. The minimum Gasteiger partial charge on any atom is -0.507 e. The van der Waals surface area contributed by atoms with Crippen molar-refractivity contribution in [2.75, 3.05) is 12.0 Å². The van der Waals surface area contributed by atoms with Gasteiger partial charge in [0.05, 0.1) is 29.3 Å². The Labute approximate surface area is 207 Å². The van der Waals surface area contributed by atoms with Crippen molar-refractivity contribution >= 4 is 57.2 Å². The van der Waals surface area contributed by atoms with Crippen molar-refractivity contribution in [2.45, 2.75) is 13.0 Å². The number of non-ortho nitro benzene ring substituents is 1. The largest absolute Gasteiger partial charge is 0.507 e. The maximum Gasteiger partial charge on any atom is 0.350 e. The summed E-state index contributed by atoms with van der Waals surface area (Å²) in [5.41, 5.74) is 0.418. The monoisotopic (exact) mass is 513 g/mol. The SMILES string of the molecule is COC(=O)c1sc(N2C(=O)C(=O)/C(=C(/O)c3ccc(Cl)cc3)C2c2ccc([N+](=O)[O-])cc2)nc1C. The number of methoxy groups -OCH3 is 1. The van der Waals surface area contributed by atoms with E-state index >= 15 is 0 Å². The molecule has 35 heavy (non-hydrogen) atoms. The fourth-order valence-electron chi connectivity index (χ4n) is 3.65. The third-order valence-electron chi connectivity index (χ3n) is 5.34. The Morgan fingerprint density at radius 3 is 2.37 bits per heavy atom. The number of aromatic nitrogens is 1. The summed E-state index contributed by atoms with van der Waals surface area (Å²) in [6, 6.07) is 10.1. The van der Waals surface area contributed by atoms with Gasteiger partial charge in [-0.25, -0.2) is 9.78 Å². The molecule has 0 radical (unpaired) electrons. The van der Waals surface area contributed by atoms with Gasteiger partial charge in [0.1, 0.15) is 10.6 Å². The molecule has 1 N–H and O–H groups in total. The molecule has 0 saturated carbocycles. The molecule has 1 atom stereocenters. The fourth-order valence-corrected chi connectivity index (χ4v) is 4.79. The second-order valence-electron chi connectivity index (χ2n) is 7.43. The zero-order chi connectivity index (χ0) is 25.4. The third kappa shape index (κ3) is 4.27. The number of rotatable bonds is 5. The number of nitro groups is 1. The van der Waals surface area contributed by atoms with Crippen molar-refractivity contribution in [3.8, 4) is 0 Å². The number of benzene rings is 2. The first-order chi connectivity index (χ1) is 16.6. The molecule has 1 aliphatic rings. The molecule has 0 aliphatic carbocycles. The number of hydrogen-bond donors (Lipinski definition) is 1. The number of hydrogen-bond acceptors (Lipinski definition) is 9. The van der Waals surface area contributed by atoms with Gasteiger partial charge in [-0.05, 0) is 48.9 Å². The van der Waals surface area contributed by atoms with E-state index in [2.05, 4.69) is 4.98 Å². The van der Waals surface area contributed by atoms with E-state index in [4.69, 9.17) is 16.3 Å². The first-order valence-corrected chi connectivity index (χ1v) is 11.2. The van der Waals surface area contributed by atoms with Crippen LogP contribution in [-0.4, -0.2) is 39.8 Å². The molecule has 4 rings (SSSR count). The molecule has 178 valence electrons. The average molecular weight is 514 g/mol. The number of aryl methyl sites for hydroxylation is 1. The number of Topliss-reactive ketones (excluding diaryl/α,β-unsaturated/α-hetero) is 1. The number of aliphatic hydroxyl groups excluding tert-OH is 1. The Bertz CT molecular complexity index is 1400. The fraction of sp³-hybridized carbons (Fsp3) is 0.130. The smallest absolute Gasteiger partial charge is 0.350 e. The number of amides is 1. The number of halogens is 1. The van der Waals surface area contributed by atoms with Crippen molar-refractivity contribution in [3.63, 3.8) is 0 Å². The van der Waals surface area contributed by atoms with E-state index < -0.39 is 34.4 Å². The molecule has 2 aromatic carbocycles. The lowest BCUT2D eigenvalue weighted by Gasteiger charge is -2.22. The molecule has 1 aromatic heterocycles. The van der Waals surface area contributed by atoms with Gasteiger partial charge in [-0.15, -0.1) is 0 Å². The van der Waals surface area contributed by atoms with Crippen LogP contribution in [0.2, 0.25) is 5.02 Å². The van der Waals surface area contributed by atoms with Gasteiger partial charge in [0.2, 0.25) is 0 Å². The van der Waals surface area contributed by atoms with Crippen molar-refractivity contribution in [1.82, 2.24) is 4.98 Å². The molecular formula is C23H16ClN3O7S. The van der Waals surface area contributed by atoms with Crippen LogP contribution in [-0.2, 0) is 14.3 Å². The van der Waals surface area contributed by atoms with Crippen LogP contribution >= 0.6 is 22.9 Å². The molecule has 1 saturated heterocycles. The Hall–Kier alpha value is -4.09. The Balaban J connectivity index is 1.93. The van der Waals surface area contributed by atoms with E-state index in [1.165, 1.54) is 55.6 Å². The molecule has 1 aliphatic heterocycles. The number of carbonyl (C=O) groups is 3. The van der Waals surface area contributed by atoms with Gasteiger partial charge in [0.25, 0.3) is 11.5 Å². The van der Waals surface area contributed by atoms with Crippen molar-refractivity contribution in [1.29, 1.82) is 0 Å². The standard InChI is InChI=1S/C23H16ClN3O7S/c1-11-20(22(31)34-2)35-23(25-11)26-17(12-5-9-15(10-6-12)27(32)33)16(19(29)21(26)30)18(28)13-3-7-14(24)8-4-13/h3-10,17,28H,1-2H3/b18-16+. The van der Waals surface area contributed by atoms with E-state index in [9.17, 15) is 29.6 Å². The van der Waals surface area contributed by atoms with E-state index in [0.29, 0.717) is 16.3 Å². The number of thiazole rings is 1. The first kappa shape index (κ1) is 24.0. The lowest BCUT2D eigenvalue weighted by atomic mass is 9.95. The second-order valence-corrected chi connectivity index (χ2v) is 8.84. The van der Waals surface area contributed by atoms with Crippen molar-refractivity contribution in [2.24, 2.45) is 0 Å². The predicted octanol–water partition coefficient (Wildman–Crippen LogP) is 4.43. The van der Waals surface area contributed by atoms with Crippen molar-refractivity contribution in [3.05, 3.63) is 90.9 Å². The molecule has 12 heteroatoms. The predicted molar refractivity (Wildman–Crippen MR) is 128 cm³/mol. The maximum absolute atomic E-state index is 13.2. The van der Waals surface area contributed by atoms with Crippen LogP contribution in [0.5, 0.6) is 0 Å². The minimum atomic E-state index is -1.16. The molecule has 3 aromatic rings. The van der Waals surface area contributed by atoms with Gasteiger partial charge in [-0.3, -0.25) is 24.6 Å². The molecule has 2 heterocycles. The van der Waals surface area contributed by atoms with E-state index in [1.54, 1.807) is 6.92 Å². The number of nitro benzene ring substituents is 1. The van der Waals surface area contributed by atoms with Gasteiger partial charge in [0.15, 0.2) is 5.13 Å².